The van der Waals surface area contributed by atoms with Gasteiger partial charge in [-0.25, -0.2) is 9.13 Å². The van der Waals surface area contributed by atoms with Crippen LogP contribution in [-0.2, 0) is 65.4 Å². The quantitative estimate of drug-likeness (QED) is 0.0222. The van der Waals surface area contributed by atoms with Crippen LogP contribution in [-0.4, -0.2) is 96.7 Å². The Hall–Kier alpha value is -1.94. The molecule has 0 bridgehead atoms. The molecule has 0 aromatic carbocycles. The summed E-state index contributed by atoms with van der Waals surface area (Å²) in [5.41, 5.74) is 0. The summed E-state index contributed by atoms with van der Waals surface area (Å²) in [5, 5.41) is 10.6. The van der Waals surface area contributed by atoms with Gasteiger partial charge in [0.05, 0.1) is 26.4 Å². The number of aliphatic hydroxyl groups is 1. The van der Waals surface area contributed by atoms with Crippen molar-refractivity contribution in [3.63, 3.8) is 0 Å². The van der Waals surface area contributed by atoms with Gasteiger partial charge in [-0.3, -0.25) is 37.3 Å². The fourth-order valence-corrected chi connectivity index (χ4v) is 12.1. The van der Waals surface area contributed by atoms with Crippen molar-refractivity contribution < 1.29 is 80.2 Å². The number of unbranched alkanes of at least 4 members (excludes halogenated alkanes) is 38. The van der Waals surface area contributed by atoms with Crippen molar-refractivity contribution in [1.82, 2.24) is 0 Å². The lowest BCUT2D eigenvalue weighted by Gasteiger charge is -2.21. The summed E-state index contributed by atoms with van der Waals surface area (Å²) in [6, 6.07) is 0. The molecule has 0 spiro atoms. The van der Waals surface area contributed by atoms with E-state index in [9.17, 15) is 43.2 Å². The van der Waals surface area contributed by atoms with Gasteiger partial charge in [-0.2, -0.15) is 0 Å². The van der Waals surface area contributed by atoms with E-state index in [4.69, 9.17) is 37.0 Å². The summed E-state index contributed by atoms with van der Waals surface area (Å²) < 4.78 is 68.3. The number of esters is 4. The molecule has 3 N–H and O–H groups in total. The largest absolute Gasteiger partial charge is 0.472 e. The second-order valence-corrected chi connectivity index (χ2v) is 28.9. The molecule has 0 aliphatic rings. The third-order valence-corrected chi connectivity index (χ3v) is 18.5. The van der Waals surface area contributed by atoms with Gasteiger partial charge >= 0.3 is 39.5 Å². The van der Waals surface area contributed by atoms with E-state index in [1.165, 1.54) is 173 Å². The van der Waals surface area contributed by atoms with Crippen LogP contribution in [0.1, 0.15) is 356 Å². The van der Waals surface area contributed by atoms with E-state index in [0.29, 0.717) is 25.7 Å². The molecule has 0 aromatic rings. The highest BCUT2D eigenvalue weighted by Crippen LogP contribution is 2.45. The van der Waals surface area contributed by atoms with Crippen LogP contribution < -0.4 is 0 Å². The summed E-state index contributed by atoms with van der Waals surface area (Å²) in [5.74, 6) is -0.549. The molecule has 0 rings (SSSR count). The molecule has 0 saturated carbocycles. The molecular weight excluding hydrogens is 1170 g/mol. The Kier molecular flexibility index (Phi) is 60.8. The Bertz CT molecular complexity index is 1740. The number of carbonyl (C=O) groups is 4. The van der Waals surface area contributed by atoms with E-state index in [1.807, 2.05) is 0 Å². The Morgan fingerprint density at radius 2 is 0.573 bits per heavy atom. The molecule has 89 heavy (non-hydrogen) atoms. The number of hydrogen-bond donors (Lipinski definition) is 3. The molecule has 0 heterocycles. The lowest BCUT2D eigenvalue weighted by Crippen LogP contribution is -2.30. The van der Waals surface area contributed by atoms with Gasteiger partial charge in [-0.05, 0) is 37.5 Å². The first-order valence-electron chi connectivity index (χ1n) is 36.5. The van der Waals surface area contributed by atoms with Crippen LogP contribution in [0, 0.1) is 11.8 Å². The number of hydrogen-bond acceptors (Lipinski definition) is 15. The molecule has 0 amide bonds. The minimum atomic E-state index is -4.95. The standard InChI is InChI=1S/C70H136O17P2/c1-7-10-12-14-16-18-19-22-30-36-42-48-54-69(74)86-65(58-80-67(72)52-46-40-34-26-17-15-13-11-8-2)60-84-88(76,77)82-56-64(71)57-83-89(78,79)85-61-66(87-70(75)55-49-43-37-31-23-20-21-27-32-38-44-50-62(4)5)59-81-68(73)53-47-41-35-29-25-24-28-33-39-45-51-63(6)9-3/h62-66,71H,7-61H2,1-6H3,(H,76,77)(H,78,79)/t63?,64-,65+,66+/m0/s1. The summed E-state index contributed by atoms with van der Waals surface area (Å²) >= 11 is 0. The van der Waals surface area contributed by atoms with Crippen LogP contribution >= 0.6 is 15.6 Å². The van der Waals surface area contributed by atoms with E-state index in [0.717, 1.165) is 102 Å². The predicted octanol–water partition coefficient (Wildman–Crippen LogP) is 20.0. The van der Waals surface area contributed by atoms with Crippen molar-refractivity contribution in [3.05, 3.63) is 0 Å². The molecule has 0 saturated heterocycles. The topological polar surface area (TPSA) is 237 Å². The Labute approximate surface area is 543 Å². The molecule has 0 aliphatic carbocycles. The molecule has 0 fully saturated rings. The Balaban J connectivity index is 5.25. The number of ether oxygens (including phenoxy) is 4. The van der Waals surface area contributed by atoms with Crippen molar-refractivity contribution in [2.45, 2.75) is 374 Å². The monoisotopic (exact) mass is 1310 g/mol. The number of phosphoric ester groups is 2. The molecule has 6 atom stereocenters. The molecule has 3 unspecified atom stereocenters. The van der Waals surface area contributed by atoms with Gasteiger partial charge in [-0.1, -0.05) is 305 Å². The van der Waals surface area contributed by atoms with Crippen molar-refractivity contribution in [1.29, 1.82) is 0 Å². The maximum Gasteiger partial charge on any atom is 0.472 e. The average molecular weight is 1310 g/mol. The third kappa shape index (κ3) is 63.2. The fourth-order valence-electron chi connectivity index (χ4n) is 10.6. The van der Waals surface area contributed by atoms with Crippen LogP contribution in [0.3, 0.4) is 0 Å². The van der Waals surface area contributed by atoms with Crippen LogP contribution in [0.15, 0.2) is 0 Å². The lowest BCUT2D eigenvalue weighted by molar-refractivity contribution is -0.161. The minimum absolute atomic E-state index is 0.106. The zero-order chi connectivity index (χ0) is 65.7. The van der Waals surface area contributed by atoms with Gasteiger partial charge in [0, 0.05) is 25.7 Å². The molecule has 0 radical (unpaired) electrons. The van der Waals surface area contributed by atoms with Crippen molar-refractivity contribution in [2.75, 3.05) is 39.6 Å². The van der Waals surface area contributed by atoms with Crippen molar-refractivity contribution in [2.24, 2.45) is 11.8 Å². The van der Waals surface area contributed by atoms with E-state index in [-0.39, 0.29) is 25.7 Å². The first-order valence-corrected chi connectivity index (χ1v) is 39.5. The summed E-state index contributed by atoms with van der Waals surface area (Å²) in [7, 11) is -9.90. The highest BCUT2D eigenvalue weighted by atomic mass is 31.2. The number of carbonyl (C=O) groups excluding carboxylic acids is 4. The predicted molar refractivity (Wildman–Crippen MR) is 358 cm³/mol. The highest BCUT2D eigenvalue weighted by molar-refractivity contribution is 7.47. The van der Waals surface area contributed by atoms with Crippen LogP contribution in [0.25, 0.3) is 0 Å². The van der Waals surface area contributed by atoms with Gasteiger partial charge in [-0.15, -0.1) is 0 Å². The van der Waals surface area contributed by atoms with Gasteiger partial charge in [0.1, 0.15) is 19.3 Å². The van der Waals surface area contributed by atoms with Crippen molar-refractivity contribution >= 4 is 39.5 Å². The van der Waals surface area contributed by atoms with E-state index in [1.54, 1.807) is 0 Å². The maximum atomic E-state index is 13.0. The minimum Gasteiger partial charge on any atom is -0.462 e. The average Bonchev–Trinajstić information content (AvgIpc) is 3.72. The van der Waals surface area contributed by atoms with E-state index in [2.05, 4.69) is 41.5 Å². The zero-order valence-electron chi connectivity index (χ0n) is 57.7. The molecule has 0 aromatic heterocycles. The van der Waals surface area contributed by atoms with Crippen molar-refractivity contribution in [3.8, 4) is 0 Å². The second-order valence-electron chi connectivity index (χ2n) is 26.0. The third-order valence-electron chi connectivity index (χ3n) is 16.6. The summed E-state index contributed by atoms with van der Waals surface area (Å²) in [6.07, 6.45) is 47.0. The zero-order valence-corrected chi connectivity index (χ0v) is 59.5. The Morgan fingerprint density at radius 3 is 0.854 bits per heavy atom. The second kappa shape index (κ2) is 62.2. The Morgan fingerprint density at radius 1 is 0.326 bits per heavy atom. The SMILES string of the molecule is CCCCCCCCCCCCCCC(=O)O[C@H](COC(=O)CCCCCCCCCCC)COP(=O)(O)OC[C@H](O)COP(=O)(O)OC[C@@H](COC(=O)CCCCCCCCCCCCC(C)CC)OC(=O)CCCCCCCCCCCCCC(C)C. The number of phosphoric acid groups is 2. The molecule has 528 valence electrons. The van der Waals surface area contributed by atoms with Gasteiger partial charge in [0.25, 0.3) is 0 Å². The van der Waals surface area contributed by atoms with Crippen LogP contribution in [0.4, 0.5) is 0 Å². The maximum absolute atomic E-state index is 13.0. The summed E-state index contributed by atoms with van der Waals surface area (Å²) in [4.78, 5) is 72.5. The number of rotatable bonds is 69. The smallest absolute Gasteiger partial charge is 0.462 e. The molecule has 0 aliphatic heterocycles. The van der Waals surface area contributed by atoms with Gasteiger partial charge in [0.15, 0.2) is 12.2 Å². The van der Waals surface area contributed by atoms with Gasteiger partial charge < -0.3 is 33.8 Å². The lowest BCUT2D eigenvalue weighted by atomic mass is 9.99. The highest BCUT2D eigenvalue weighted by Gasteiger charge is 2.30. The van der Waals surface area contributed by atoms with Gasteiger partial charge in [0.2, 0.25) is 0 Å². The van der Waals surface area contributed by atoms with E-state index >= 15 is 0 Å². The molecule has 17 nitrogen and oxygen atoms in total. The molecular formula is C70H136O17P2. The number of aliphatic hydroxyl groups excluding tert-OH is 1. The first-order chi connectivity index (χ1) is 42.9. The first kappa shape index (κ1) is 87.1. The van der Waals surface area contributed by atoms with Crippen LogP contribution in [0.5, 0.6) is 0 Å². The van der Waals surface area contributed by atoms with Crippen LogP contribution in [0.2, 0.25) is 0 Å². The fraction of sp³-hybridized carbons (Fsp3) is 0.943. The summed E-state index contributed by atoms with van der Waals surface area (Å²) in [6.45, 7) is 9.57. The van der Waals surface area contributed by atoms with E-state index < -0.39 is 97.5 Å². The normalized spacial score (nSPS) is 14.4. The molecule has 19 heteroatoms.